The molecule has 2 aromatic heterocycles. The molecule has 0 radical (unpaired) electrons. The standard InChI is InChI=1S/C17H20N4O/c1-13-10-21-11-15(14-3-2-8-22-12-14)19-17(21)9-16(13)20-6-4-18-5-7-20/h2-3,8-11,18H,4-7,12H2,1H3. The normalized spacial score (nSPS) is 18.4. The van der Waals surface area contributed by atoms with E-state index in [0.717, 1.165) is 43.1 Å². The average Bonchev–Trinajstić information content (AvgIpc) is 2.98. The van der Waals surface area contributed by atoms with Gasteiger partial charge in [-0.2, -0.15) is 0 Å². The van der Waals surface area contributed by atoms with Gasteiger partial charge in [-0.25, -0.2) is 4.98 Å². The van der Waals surface area contributed by atoms with Crippen molar-refractivity contribution in [3.05, 3.63) is 48.1 Å². The first-order valence-electron chi connectivity index (χ1n) is 7.74. The van der Waals surface area contributed by atoms with Crippen LogP contribution in [-0.4, -0.2) is 42.2 Å². The smallest absolute Gasteiger partial charge is 0.139 e. The van der Waals surface area contributed by atoms with Gasteiger partial charge in [0, 0.05) is 55.9 Å². The molecule has 0 amide bonds. The summed E-state index contributed by atoms with van der Waals surface area (Å²) in [6, 6.07) is 2.20. The molecule has 0 spiro atoms. The third-order valence-corrected chi connectivity index (χ3v) is 4.26. The van der Waals surface area contributed by atoms with Crippen LogP contribution in [0.1, 0.15) is 11.3 Å². The Hall–Kier alpha value is -2.27. The quantitative estimate of drug-likeness (QED) is 0.920. The van der Waals surface area contributed by atoms with Crippen LogP contribution in [0.25, 0.3) is 11.2 Å². The molecule has 2 aliphatic rings. The van der Waals surface area contributed by atoms with E-state index in [9.17, 15) is 0 Å². The number of nitrogens with one attached hydrogen (secondary N) is 1. The van der Waals surface area contributed by atoms with Crippen LogP contribution in [-0.2, 0) is 4.74 Å². The van der Waals surface area contributed by atoms with E-state index in [4.69, 9.17) is 9.72 Å². The number of anilines is 1. The summed E-state index contributed by atoms with van der Waals surface area (Å²) >= 11 is 0. The highest BCUT2D eigenvalue weighted by Crippen LogP contribution is 2.25. The maximum Gasteiger partial charge on any atom is 0.139 e. The molecular formula is C17H20N4O. The maximum atomic E-state index is 5.36. The van der Waals surface area contributed by atoms with Gasteiger partial charge < -0.3 is 19.4 Å². The Balaban J connectivity index is 1.73. The highest BCUT2D eigenvalue weighted by atomic mass is 16.5. The van der Waals surface area contributed by atoms with Gasteiger partial charge in [-0.3, -0.25) is 0 Å². The molecule has 0 aromatic carbocycles. The topological polar surface area (TPSA) is 41.8 Å². The summed E-state index contributed by atoms with van der Waals surface area (Å²) in [5, 5.41) is 3.40. The van der Waals surface area contributed by atoms with Gasteiger partial charge in [0.1, 0.15) is 12.3 Å². The minimum atomic E-state index is 0.587. The van der Waals surface area contributed by atoms with Crippen molar-refractivity contribution in [2.75, 3.05) is 37.7 Å². The fraction of sp³-hybridized carbons (Fsp3) is 0.353. The molecule has 0 bridgehead atoms. The molecule has 22 heavy (non-hydrogen) atoms. The predicted molar refractivity (Wildman–Crippen MR) is 88.1 cm³/mol. The van der Waals surface area contributed by atoms with Crippen LogP contribution in [0.3, 0.4) is 0 Å². The summed E-state index contributed by atoms with van der Waals surface area (Å²) in [6.45, 7) is 6.94. The molecule has 114 valence electrons. The van der Waals surface area contributed by atoms with E-state index in [1.807, 2.05) is 6.08 Å². The van der Waals surface area contributed by atoms with Crippen molar-refractivity contribution in [1.29, 1.82) is 0 Å². The van der Waals surface area contributed by atoms with Crippen molar-refractivity contribution >= 4 is 16.9 Å². The second-order valence-electron chi connectivity index (χ2n) is 5.80. The van der Waals surface area contributed by atoms with E-state index in [1.165, 1.54) is 11.3 Å². The lowest BCUT2D eigenvalue weighted by atomic mass is 10.2. The Morgan fingerprint density at radius 3 is 2.86 bits per heavy atom. The molecule has 1 fully saturated rings. The lowest BCUT2D eigenvalue weighted by molar-refractivity contribution is 0.292. The van der Waals surface area contributed by atoms with E-state index in [0.29, 0.717) is 6.61 Å². The molecule has 2 aliphatic heterocycles. The van der Waals surface area contributed by atoms with Crippen molar-refractivity contribution in [2.45, 2.75) is 6.92 Å². The molecule has 1 N–H and O–H groups in total. The minimum Gasteiger partial charge on any atom is -0.496 e. The molecular weight excluding hydrogens is 276 g/mol. The van der Waals surface area contributed by atoms with Gasteiger partial charge in [-0.1, -0.05) is 6.08 Å². The Bertz CT molecular complexity index is 753. The summed E-state index contributed by atoms with van der Waals surface area (Å²) in [5.74, 6) is 0. The Morgan fingerprint density at radius 2 is 2.09 bits per heavy atom. The first kappa shape index (κ1) is 13.4. The average molecular weight is 296 g/mol. The number of rotatable bonds is 2. The molecule has 0 unspecified atom stereocenters. The zero-order valence-electron chi connectivity index (χ0n) is 12.7. The number of imidazole rings is 1. The Kier molecular flexibility index (Phi) is 3.35. The molecule has 1 saturated heterocycles. The van der Waals surface area contributed by atoms with Gasteiger partial charge in [0.05, 0.1) is 12.0 Å². The van der Waals surface area contributed by atoms with Crippen molar-refractivity contribution in [2.24, 2.45) is 0 Å². The van der Waals surface area contributed by atoms with E-state index in [-0.39, 0.29) is 0 Å². The number of piperazine rings is 1. The molecule has 4 rings (SSSR count). The minimum absolute atomic E-state index is 0.587. The number of hydrogen-bond donors (Lipinski definition) is 1. The number of aromatic nitrogens is 2. The molecule has 5 heteroatoms. The van der Waals surface area contributed by atoms with Crippen LogP contribution in [0.2, 0.25) is 0 Å². The van der Waals surface area contributed by atoms with E-state index in [2.05, 4.69) is 46.1 Å². The highest BCUT2D eigenvalue weighted by molar-refractivity contribution is 5.69. The van der Waals surface area contributed by atoms with E-state index >= 15 is 0 Å². The predicted octanol–water partition coefficient (Wildman–Crippen LogP) is 1.98. The summed E-state index contributed by atoms with van der Waals surface area (Å²) < 4.78 is 7.47. The van der Waals surface area contributed by atoms with Crippen LogP contribution < -0.4 is 10.2 Å². The summed E-state index contributed by atoms with van der Waals surface area (Å²) in [7, 11) is 0. The van der Waals surface area contributed by atoms with Crippen LogP contribution in [0.15, 0.2) is 36.9 Å². The van der Waals surface area contributed by atoms with Gasteiger partial charge >= 0.3 is 0 Å². The summed E-state index contributed by atoms with van der Waals surface area (Å²) in [5.41, 5.74) is 5.67. The Labute approximate surface area is 129 Å². The first-order chi connectivity index (χ1) is 10.8. The number of allylic oxidation sites excluding steroid dienone is 2. The van der Waals surface area contributed by atoms with Crippen LogP contribution in [0.4, 0.5) is 5.69 Å². The zero-order chi connectivity index (χ0) is 14.9. The van der Waals surface area contributed by atoms with Crippen LogP contribution in [0, 0.1) is 6.92 Å². The number of hydrogen-bond acceptors (Lipinski definition) is 4. The van der Waals surface area contributed by atoms with Gasteiger partial charge in [0.25, 0.3) is 0 Å². The number of pyridine rings is 1. The first-order valence-corrected chi connectivity index (χ1v) is 7.74. The second-order valence-corrected chi connectivity index (χ2v) is 5.80. The number of fused-ring (bicyclic) bond motifs is 1. The highest BCUT2D eigenvalue weighted by Gasteiger charge is 2.15. The van der Waals surface area contributed by atoms with E-state index in [1.54, 1.807) is 6.26 Å². The van der Waals surface area contributed by atoms with Gasteiger partial charge in [-0.05, 0) is 18.6 Å². The van der Waals surface area contributed by atoms with Gasteiger partial charge in [0.2, 0.25) is 0 Å². The molecule has 0 aliphatic carbocycles. The molecule has 0 atom stereocenters. The Morgan fingerprint density at radius 1 is 1.23 bits per heavy atom. The summed E-state index contributed by atoms with van der Waals surface area (Å²) in [4.78, 5) is 7.21. The fourth-order valence-corrected chi connectivity index (χ4v) is 3.09. The van der Waals surface area contributed by atoms with Crippen LogP contribution in [0.5, 0.6) is 0 Å². The third kappa shape index (κ3) is 2.37. The van der Waals surface area contributed by atoms with Crippen LogP contribution >= 0.6 is 0 Å². The summed E-state index contributed by atoms with van der Waals surface area (Å²) in [6.07, 6.45) is 9.95. The monoisotopic (exact) mass is 296 g/mol. The number of aryl methyl sites for hydroxylation is 1. The number of ether oxygens (including phenoxy) is 1. The molecule has 5 nitrogen and oxygen atoms in total. The van der Waals surface area contributed by atoms with Crippen molar-refractivity contribution < 1.29 is 4.74 Å². The van der Waals surface area contributed by atoms with Gasteiger partial charge in [0.15, 0.2) is 0 Å². The zero-order valence-corrected chi connectivity index (χ0v) is 12.7. The largest absolute Gasteiger partial charge is 0.496 e. The third-order valence-electron chi connectivity index (χ3n) is 4.26. The SMILES string of the molecule is Cc1cn2cc(C3=CC=COC3)nc2cc1N1CCNCC1. The second kappa shape index (κ2) is 5.50. The van der Waals surface area contributed by atoms with Gasteiger partial charge in [-0.15, -0.1) is 0 Å². The maximum absolute atomic E-state index is 5.36. The molecule has 2 aromatic rings. The lowest BCUT2D eigenvalue weighted by Crippen LogP contribution is -2.43. The lowest BCUT2D eigenvalue weighted by Gasteiger charge is -2.30. The van der Waals surface area contributed by atoms with Crippen molar-refractivity contribution in [3.63, 3.8) is 0 Å². The van der Waals surface area contributed by atoms with Crippen molar-refractivity contribution in [1.82, 2.24) is 14.7 Å². The fourth-order valence-electron chi connectivity index (χ4n) is 3.09. The number of nitrogens with zero attached hydrogens (tertiary/aromatic N) is 3. The molecule has 0 saturated carbocycles. The van der Waals surface area contributed by atoms with E-state index < -0.39 is 0 Å². The van der Waals surface area contributed by atoms with Crippen molar-refractivity contribution in [3.8, 4) is 0 Å². The molecule has 4 heterocycles.